The van der Waals surface area contributed by atoms with Gasteiger partial charge in [0.2, 0.25) is 0 Å². The van der Waals surface area contributed by atoms with Crippen LogP contribution in [0.5, 0.6) is 5.75 Å². The average molecular weight is 323 g/mol. The van der Waals surface area contributed by atoms with E-state index in [0.29, 0.717) is 24.5 Å². The van der Waals surface area contributed by atoms with E-state index in [2.05, 4.69) is 11.0 Å². The number of hydrogen-bond donors (Lipinski definition) is 0. The molecule has 0 amide bonds. The molecule has 0 unspecified atom stereocenters. The molecule has 124 valence electrons. The van der Waals surface area contributed by atoms with Gasteiger partial charge >= 0.3 is 0 Å². The predicted octanol–water partition coefficient (Wildman–Crippen LogP) is 2.24. The minimum absolute atomic E-state index is 0.138. The Morgan fingerprint density at radius 2 is 2.00 bits per heavy atom. The second-order valence-corrected chi connectivity index (χ2v) is 6.01. The van der Waals surface area contributed by atoms with Gasteiger partial charge in [0.15, 0.2) is 5.75 Å². The Kier molecular flexibility index (Phi) is 5.29. The predicted molar refractivity (Wildman–Crippen MR) is 92.1 cm³/mol. The number of benzene rings is 1. The van der Waals surface area contributed by atoms with Gasteiger partial charge in [-0.1, -0.05) is 12.1 Å². The normalized spacial score (nSPS) is 14.5. The van der Waals surface area contributed by atoms with Crippen LogP contribution in [-0.2, 0) is 6.54 Å². The number of nitrogens with zero attached hydrogens (tertiary/aromatic N) is 3. The number of likely N-dealkylation sites (tertiary alicyclic amines) is 1. The molecule has 1 saturated heterocycles. The highest BCUT2D eigenvalue weighted by atomic mass is 16.5. The summed E-state index contributed by atoms with van der Waals surface area (Å²) in [6.45, 7) is 4.06. The molecule has 0 bridgehead atoms. The number of rotatable bonds is 6. The molecule has 5 heteroatoms. The van der Waals surface area contributed by atoms with Crippen LogP contribution in [0.25, 0.3) is 0 Å². The molecule has 0 aliphatic carbocycles. The van der Waals surface area contributed by atoms with E-state index >= 15 is 0 Å². The minimum Gasteiger partial charge on any atom is -0.487 e. The summed E-state index contributed by atoms with van der Waals surface area (Å²) in [6, 6.07) is 12.9. The maximum Gasteiger partial charge on any atom is 0.293 e. The van der Waals surface area contributed by atoms with E-state index in [1.165, 1.54) is 12.8 Å². The zero-order chi connectivity index (χ0) is 16.8. The van der Waals surface area contributed by atoms with Crippen LogP contribution >= 0.6 is 0 Å². The lowest BCUT2D eigenvalue weighted by atomic mass is 10.1. The standard InChI is InChI=1S/C19H21N3O2/c20-14-16-5-3-6-17(13-16)15-22-10-4-7-18(19(22)23)24-12-11-21-8-1-2-9-21/h3-7,10,13H,1-2,8-9,11-12,15H2. The Labute approximate surface area is 141 Å². The molecule has 1 fully saturated rings. The van der Waals surface area contributed by atoms with Crippen molar-refractivity contribution in [3.63, 3.8) is 0 Å². The van der Waals surface area contributed by atoms with Crippen molar-refractivity contribution >= 4 is 0 Å². The fourth-order valence-corrected chi connectivity index (χ4v) is 2.98. The molecule has 0 saturated carbocycles. The topological polar surface area (TPSA) is 58.3 Å². The number of nitriles is 1. The highest BCUT2D eigenvalue weighted by molar-refractivity contribution is 5.33. The second kappa shape index (κ2) is 7.80. The van der Waals surface area contributed by atoms with Gasteiger partial charge in [0, 0.05) is 12.7 Å². The smallest absolute Gasteiger partial charge is 0.293 e. The molecule has 1 aliphatic heterocycles. The van der Waals surface area contributed by atoms with Gasteiger partial charge in [0.1, 0.15) is 6.61 Å². The SMILES string of the molecule is N#Cc1cccc(Cn2cccc(OCCN3CCCC3)c2=O)c1. The zero-order valence-corrected chi connectivity index (χ0v) is 13.6. The van der Waals surface area contributed by atoms with Crippen molar-refractivity contribution in [1.29, 1.82) is 5.26 Å². The summed E-state index contributed by atoms with van der Waals surface area (Å²) < 4.78 is 7.31. The van der Waals surface area contributed by atoms with Crippen molar-refractivity contribution in [2.75, 3.05) is 26.2 Å². The fraction of sp³-hybridized carbons (Fsp3) is 0.368. The lowest BCUT2D eigenvalue weighted by Gasteiger charge is -2.15. The number of pyridine rings is 1. The molecular weight excluding hydrogens is 302 g/mol. The Morgan fingerprint density at radius 3 is 2.79 bits per heavy atom. The lowest BCUT2D eigenvalue weighted by molar-refractivity contribution is 0.235. The summed E-state index contributed by atoms with van der Waals surface area (Å²) in [5.74, 6) is 0.383. The number of ether oxygens (including phenoxy) is 1. The first-order chi connectivity index (χ1) is 11.8. The first kappa shape index (κ1) is 16.3. The van der Waals surface area contributed by atoms with E-state index in [-0.39, 0.29) is 5.56 Å². The van der Waals surface area contributed by atoms with Gasteiger partial charge in [-0.3, -0.25) is 9.69 Å². The van der Waals surface area contributed by atoms with Gasteiger partial charge in [-0.25, -0.2) is 0 Å². The van der Waals surface area contributed by atoms with Crippen molar-refractivity contribution in [1.82, 2.24) is 9.47 Å². The fourth-order valence-electron chi connectivity index (χ4n) is 2.98. The van der Waals surface area contributed by atoms with Crippen LogP contribution in [0.3, 0.4) is 0 Å². The van der Waals surface area contributed by atoms with Gasteiger partial charge < -0.3 is 9.30 Å². The molecule has 0 spiro atoms. The zero-order valence-electron chi connectivity index (χ0n) is 13.6. The highest BCUT2D eigenvalue weighted by Crippen LogP contribution is 2.09. The monoisotopic (exact) mass is 323 g/mol. The maximum absolute atomic E-state index is 12.5. The van der Waals surface area contributed by atoms with Crippen LogP contribution in [-0.4, -0.2) is 35.7 Å². The minimum atomic E-state index is -0.138. The quantitative estimate of drug-likeness (QED) is 0.818. The molecule has 5 nitrogen and oxygen atoms in total. The Balaban J connectivity index is 1.66. The second-order valence-electron chi connectivity index (χ2n) is 6.01. The molecule has 1 aromatic heterocycles. The molecular formula is C19H21N3O2. The van der Waals surface area contributed by atoms with Crippen LogP contribution in [0.1, 0.15) is 24.0 Å². The van der Waals surface area contributed by atoms with Crippen LogP contribution in [0.15, 0.2) is 47.4 Å². The summed E-state index contributed by atoms with van der Waals surface area (Å²) >= 11 is 0. The first-order valence-corrected chi connectivity index (χ1v) is 8.30. The number of aromatic nitrogens is 1. The molecule has 3 rings (SSSR count). The van der Waals surface area contributed by atoms with Crippen LogP contribution in [0.4, 0.5) is 0 Å². The van der Waals surface area contributed by atoms with Crippen molar-refractivity contribution in [2.24, 2.45) is 0 Å². The Hall–Kier alpha value is -2.58. The van der Waals surface area contributed by atoms with Crippen LogP contribution < -0.4 is 10.3 Å². The third-order valence-electron chi connectivity index (χ3n) is 4.26. The average Bonchev–Trinajstić information content (AvgIpc) is 3.12. The van der Waals surface area contributed by atoms with Crippen molar-refractivity contribution < 1.29 is 4.74 Å². The van der Waals surface area contributed by atoms with E-state index in [9.17, 15) is 4.79 Å². The lowest BCUT2D eigenvalue weighted by Crippen LogP contribution is -2.27. The molecule has 2 aromatic rings. The van der Waals surface area contributed by atoms with E-state index in [1.54, 1.807) is 29.0 Å². The molecule has 0 atom stereocenters. The third-order valence-corrected chi connectivity index (χ3v) is 4.26. The molecule has 1 aliphatic rings. The van der Waals surface area contributed by atoms with E-state index < -0.39 is 0 Å². The van der Waals surface area contributed by atoms with E-state index in [0.717, 1.165) is 25.2 Å². The van der Waals surface area contributed by atoms with Gasteiger partial charge in [-0.2, -0.15) is 5.26 Å². The van der Waals surface area contributed by atoms with Gasteiger partial charge in [0.05, 0.1) is 18.2 Å². The third kappa shape index (κ3) is 4.03. The van der Waals surface area contributed by atoms with Gasteiger partial charge in [-0.05, 0) is 55.8 Å². The van der Waals surface area contributed by atoms with Crippen LogP contribution in [0.2, 0.25) is 0 Å². The number of hydrogen-bond acceptors (Lipinski definition) is 4. The van der Waals surface area contributed by atoms with Crippen molar-refractivity contribution in [3.05, 3.63) is 64.1 Å². The maximum atomic E-state index is 12.5. The summed E-state index contributed by atoms with van der Waals surface area (Å²) in [4.78, 5) is 14.9. The summed E-state index contributed by atoms with van der Waals surface area (Å²) in [6.07, 6.45) is 4.24. The molecule has 0 radical (unpaired) electrons. The van der Waals surface area contributed by atoms with Crippen molar-refractivity contribution in [2.45, 2.75) is 19.4 Å². The summed E-state index contributed by atoms with van der Waals surface area (Å²) in [7, 11) is 0. The Morgan fingerprint density at radius 1 is 1.17 bits per heavy atom. The van der Waals surface area contributed by atoms with Crippen LogP contribution in [0, 0.1) is 11.3 Å². The van der Waals surface area contributed by atoms with Crippen molar-refractivity contribution in [3.8, 4) is 11.8 Å². The molecule has 1 aromatic carbocycles. The highest BCUT2D eigenvalue weighted by Gasteiger charge is 2.11. The molecule has 2 heterocycles. The largest absolute Gasteiger partial charge is 0.487 e. The molecule has 0 N–H and O–H groups in total. The summed E-state index contributed by atoms with van der Waals surface area (Å²) in [5.41, 5.74) is 1.38. The van der Waals surface area contributed by atoms with Gasteiger partial charge in [0.25, 0.3) is 5.56 Å². The van der Waals surface area contributed by atoms with E-state index in [4.69, 9.17) is 10.00 Å². The van der Waals surface area contributed by atoms with E-state index in [1.807, 2.05) is 18.2 Å². The first-order valence-electron chi connectivity index (χ1n) is 8.30. The molecule has 24 heavy (non-hydrogen) atoms. The summed E-state index contributed by atoms with van der Waals surface area (Å²) in [5, 5.41) is 8.97. The van der Waals surface area contributed by atoms with Gasteiger partial charge in [-0.15, -0.1) is 0 Å². The Bertz CT molecular complexity index is 786.